The summed E-state index contributed by atoms with van der Waals surface area (Å²) in [6.07, 6.45) is 0.958. The third kappa shape index (κ3) is 4.14. The SMILES string of the molecule is CCNC(Cc1nc(C)cs1)c1ccccc1C(C)(C)C. The highest BCUT2D eigenvalue weighted by Crippen LogP contribution is 2.31. The molecule has 1 unspecified atom stereocenters. The summed E-state index contributed by atoms with van der Waals surface area (Å²) < 4.78 is 0. The van der Waals surface area contributed by atoms with Crippen molar-refractivity contribution >= 4 is 11.3 Å². The van der Waals surface area contributed by atoms with Crippen molar-refractivity contribution in [2.75, 3.05) is 6.54 Å². The molecule has 0 aliphatic carbocycles. The molecular weight excluding hydrogens is 276 g/mol. The largest absolute Gasteiger partial charge is 0.310 e. The number of likely N-dealkylation sites (N-methyl/N-ethyl adjacent to an activating group) is 1. The van der Waals surface area contributed by atoms with Crippen LogP contribution in [0.1, 0.15) is 55.6 Å². The summed E-state index contributed by atoms with van der Waals surface area (Å²) in [5.74, 6) is 0. The molecule has 1 N–H and O–H groups in total. The van der Waals surface area contributed by atoms with Gasteiger partial charge in [-0.25, -0.2) is 4.98 Å². The lowest BCUT2D eigenvalue weighted by Gasteiger charge is -2.27. The van der Waals surface area contributed by atoms with Gasteiger partial charge in [-0.3, -0.25) is 0 Å². The van der Waals surface area contributed by atoms with Crippen molar-refractivity contribution < 1.29 is 0 Å². The maximum Gasteiger partial charge on any atom is 0.0947 e. The van der Waals surface area contributed by atoms with Crippen LogP contribution in [0.5, 0.6) is 0 Å². The van der Waals surface area contributed by atoms with E-state index in [0.29, 0.717) is 6.04 Å². The van der Waals surface area contributed by atoms with Crippen LogP contribution in [0.25, 0.3) is 0 Å². The smallest absolute Gasteiger partial charge is 0.0947 e. The van der Waals surface area contributed by atoms with Crippen LogP contribution in [-0.2, 0) is 11.8 Å². The van der Waals surface area contributed by atoms with Gasteiger partial charge in [0.2, 0.25) is 0 Å². The third-order valence-electron chi connectivity index (χ3n) is 3.64. The Kier molecular flexibility index (Phi) is 5.17. The molecule has 1 heterocycles. The van der Waals surface area contributed by atoms with Gasteiger partial charge >= 0.3 is 0 Å². The average Bonchev–Trinajstić information content (AvgIpc) is 2.83. The lowest BCUT2D eigenvalue weighted by molar-refractivity contribution is 0.516. The van der Waals surface area contributed by atoms with E-state index >= 15 is 0 Å². The molecule has 0 saturated carbocycles. The monoisotopic (exact) mass is 302 g/mol. The van der Waals surface area contributed by atoms with Gasteiger partial charge in [-0.1, -0.05) is 52.0 Å². The Morgan fingerprint density at radius 1 is 1.24 bits per heavy atom. The van der Waals surface area contributed by atoms with Gasteiger partial charge < -0.3 is 5.32 Å². The molecule has 2 aromatic rings. The van der Waals surface area contributed by atoms with E-state index in [1.54, 1.807) is 11.3 Å². The van der Waals surface area contributed by atoms with Gasteiger partial charge in [-0.2, -0.15) is 0 Å². The number of aryl methyl sites for hydroxylation is 1. The summed E-state index contributed by atoms with van der Waals surface area (Å²) in [6, 6.07) is 9.13. The van der Waals surface area contributed by atoms with Crippen molar-refractivity contribution in [1.82, 2.24) is 10.3 Å². The Bertz CT molecular complexity index is 581. The fourth-order valence-electron chi connectivity index (χ4n) is 2.69. The predicted octanol–water partition coefficient (Wildman–Crippen LogP) is 4.64. The number of hydrogen-bond acceptors (Lipinski definition) is 3. The highest BCUT2D eigenvalue weighted by Gasteiger charge is 2.22. The quantitative estimate of drug-likeness (QED) is 0.870. The topological polar surface area (TPSA) is 24.9 Å². The first-order valence-corrected chi connectivity index (χ1v) is 8.53. The molecule has 0 aliphatic rings. The minimum Gasteiger partial charge on any atom is -0.310 e. The van der Waals surface area contributed by atoms with E-state index in [1.165, 1.54) is 16.1 Å². The fraction of sp³-hybridized carbons (Fsp3) is 0.500. The molecule has 1 atom stereocenters. The highest BCUT2D eigenvalue weighted by molar-refractivity contribution is 7.09. The number of benzene rings is 1. The second kappa shape index (κ2) is 6.71. The molecule has 0 saturated heterocycles. The van der Waals surface area contributed by atoms with E-state index in [9.17, 15) is 0 Å². The van der Waals surface area contributed by atoms with Crippen LogP contribution < -0.4 is 5.32 Å². The van der Waals surface area contributed by atoms with Crippen molar-refractivity contribution in [3.8, 4) is 0 Å². The Morgan fingerprint density at radius 3 is 2.52 bits per heavy atom. The summed E-state index contributed by atoms with van der Waals surface area (Å²) in [6.45, 7) is 12.0. The maximum atomic E-state index is 4.63. The molecule has 3 heteroatoms. The van der Waals surface area contributed by atoms with Crippen molar-refractivity contribution in [1.29, 1.82) is 0 Å². The van der Waals surface area contributed by atoms with Crippen LogP contribution in [0.4, 0.5) is 0 Å². The molecule has 0 aliphatic heterocycles. The van der Waals surface area contributed by atoms with Crippen molar-refractivity contribution in [3.05, 3.63) is 51.5 Å². The van der Waals surface area contributed by atoms with Crippen LogP contribution >= 0.6 is 11.3 Å². The molecule has 0 amide bonds. The minimum atomic E-state index is 0.156. The average molecular weight is 302 g/mol. The molecular formula is C18H26N2S. The predicted molar refractivity (Wildman–Crippen MR) is 92.1 cm³/mol. The van der Waals surface area contributed by atoms with Crippen LogP contribution in [0.15, 0.2) is 29.6 Å². The number of nitrogens with one attached hydrogen (secondary N) is 1. The summed E-state index contributed by atoms with van der Waals surface area (Å²) >= 11 is 1.76. The van der Waals surface area contributed by atoms with E-state index in [0.717, 1.165) is 18.7 Å². The Morgan fingerprint density at radius 2 is 1.95 bits per heavy atom. The molecule has 0 spiro atoms. The van der Waals surface area contributed by atoms with Gasteiger partial charge in [0.25, 0.3) is 0 Å². The molecule has 2 rings (SSSR count). The maximum absolute atomic E-state index is 4.63. The van der Waals surface area contributed by atoms with E-state index in [2.05, 4.69) is 74.6 Å². The van der Waals surface area contributed by atoms with Gasteiger partial charge in [0.05, 0.1) is 5.01 Å². The summed E-state index contributed by atoms with van der Waals surface area (Å²) in [5, 5.41) is 6.98. The fourth-order valence-corrected chi connectivity index (χ4v) is 3.51. The molecule has 2 nitrogen and oxygen atoms in total. The zero-order valence-corrected chi connectivity index (χ0v) is 14.6. The van der Waals surface area contributed by atoms with Crippen LogP contribution in [-0.4, -0.2) is 11.5 Å². The molecule has 1 aromatic heterocycles. The lowest BCUT2D eigenvalue weighted by Crippen LogP contribution is -2.26. The van der Waals surface area contributed by atoms with Crippen molar-refractivity contribution in [2.24, 2.45) is 0 Å². The first-order chi connectivity index (χ1) is 9.91. The van der Waals surface area contributed by atoms with Crippen molar-refractivity contribution in [2.45, 2.75) is 52.5 Å². The summed E-state index contributed by atoms with van der Waals surface area (Å²) in [4.78, 5) is 4.63. The Hall–Kier alpha value is -1.19. The summed E-state index contributed by atoms with van der Waals surface area (Å²) in [5.41, 5.74) is 4.10. The third-order valence-corrected chi connectivity index (χ3v) is 4.63. The van der Waals surface area contributed by atoms with E-state index < -0.39 is 0 Å². The second-order valence-electron chi connectivity index (χ2n) is 6.53. The first-order valence-electron chi connectivity index (χ1n) is 7.65. The lowest BCUT2D eigenvalue weighted by atomic mass is 9.81. The number of hydrogen-bond donors (Lipinski definition) is 1. The highest BCUT2D eigenvalue weighted by atomic mass is 32.1. The molecule has 1 aromatic carbocycles. The van der Waals surface area contributed by atoms with Crippen LogP contribution in [0.2, 0.25) is 0 Å². The zero-order valence-electron chi connectivity index (χ0n) is 13.7. The summed E-state index contributed by atoms with van der Waals surface area (Å²) in [7, 11) is 0. The van der Waals surface area contributed by atoms with E-state index in [4.69, 9.17) is 0 Å². The van der Waals surface area contributed by atoms with E-state index in [-0.39, 0.29) is 5.41 Å². The Balaban J connectivity index is 2.34. The molecule has 0 bridgehead atoms. The molecule has 114 valence electrons. The standard InChI is InChI=1S/C18H26N2S/c1-6-19-16(11-17-20-13(2)12-21-17)14-9-7-8-10-15(14)18(3,4)5/h7-10,12,16,19H,6,11H2,1-5H3. The number of nitrogens with zero attached hydrogens (tertiary/aromatic N) is 1. The first kappa shape index (κ1) is 16.2. The van der Waals surface area contributed by atoms with Gasteiger partial charge in [-0.05, 0) is 30.0 Å². The van der Waals surface area contributed by atoms with Crippen LogP contribution in [0.3, 0.4) is 0 Å². The number of thiazole rings is 1. The molecule has 21 heavy (non-hydrogen) atoms. The van der Waals surface area contributed by atoms with Gasteiger partial charge in [0.1, 0.15) is 0 Å². The van der Waals surface area contributed by atoms with Crippen molar-refractivity contribution in [3.63, 3.8) is 0 Å². The van der Waals surface area contributed by atoms with Gasteiger partial charge in [0, 0.05) is 23.5 Å². The number of aromatic nitrogens is 1. The van der Waals surface area contributed by atoms with Gasteiger partial charge in [0.15, 0.2) is 0 Å². The second-order valence-corrected chi connectivity index (χ2v) is 7.48. The Labute approximate surface area is 132 Å². The molecule has 0 radical (unpaired) electrons. The zero-order chi connectivity index (χ0) is 15.5. The molecule has 0 fully saturated rings. The number of rotatable bonds is 5. The van der Waals surface area contributed by atoms with E-state index in [1.807, 2.05) is 0 Å². The van der Waals surface area contributed by atoms with Crippen LogP contribution in [0, 0.1) is 6.92 Å². The normalized spacial score (nSPS) is 13.4. The van der Waals surface area contributed by atoms with Gasteiger partial charge in [-0.15, -0.1) is 11.3 Å². The minimum absolute atomic E-state index is 0.156.